The number of sulfonamides is 1. The molecule has 0 aromatic heterocycles. The highest BCUT2D eigenvalue weighted by atomic mass is 32.2. The van der Waals surface area contributed by atoms with Crippen LogP contribution in [-0.4, -0.2) is 15.0 Å². The van der Waals surface area contributed by atoms with E-state index >= 15 is 0 Å². The zero-order valence-corrected chi connectivity index (χ0v) is 12.9. The lowest BCUT2D eigenvalue weighted by molar-refractivity contribution is 0.263. The Hall–Kier alpha value is -1.92. The molecule has 116 valence electrons. The highest BCUT2D eigenvalue weighted by Gasteiger charge is 2.28. The quantitative estimate of drug-likeness (QED) is 0.945. The van der Waals surface area contributed by atoms with Crippen molar-refractivity contribution in [2.45, 2.75) is 24.3 Å². The molecule has 6 heteroatoms. The van der Waals surface area contributed by atoms with Gasteiger partial charge in [0.1, 0.15) is 16.5 Å². The first-order valence-electron chi connectivity index (χ1n) is 6.97. The van der Waals surface area contributed by atoms with E-state index in [0.717, 1.165) is 5.56 Å². The van der Waals surface area contributed by atoms with Gasteiger partial charge >= 0.3 is 0 Å². The fourth-order valence-electron chi connectivity index (χ4n) is 2.53. The van der Waals surface area contributed by atoms with Crippen LogP contribution in [0.15, 0.2) is 47.4 Å². The number of rotatable bonds is 3. The predicted molar refractivity (Wildman–Crippen MR) is 80.8 cm³/mol. The highest BCUT2D eigenvalue weighted by Crippen LogP contribution is 2.32. The number of hydrogen-bond donors (Lipinski definition) is 1. The summed E-state index contributed by atoms with van der Waals surface area (Å²) >= 11 is 0. The first-order valence-corrected chi connectivity index (χ1v) is 8.46. The molecule has 1 heterocycles. The van der Waals surface area contributed by atoms with Crippen molar-refractivity contribution in [1.29, 1.82) is 0 Å². The number of para-hydroxylation sites is 1. The number of benzene rings is 2. The normalized spacial score (nSPS) is 17.6. The van der Waals surface area contributed by atoms with Gasteiger partial charge in [0.15, 0.2) is 0 Å². The Bertz CT molecular complexity index is 805. The molecule has 1 aliphatic heterocycles. The molecule has 0 amide bonds. The molecule has 0 spiro atoms. The van der Waals surface area contributed by atoms with Gasteiger partial charge < -0.3 is 4.74 Å². The van der Waals surface area contributed by atoms with Crippen LogP contribution in [-0.2, 0) is 10.0 Å². The van der Waals surface area contributed by atoms with Crippen LogP contribution in [0.1, 0.15) is 23.6 Å². The second-order valence-electron chi connectivity index (χ2n) is 5.28. The van der Waals surface area contributed by atoms with E-state index in [2.05, 4.69) is 4.72 Å². The van der Waals surface area contributed by atoms with Crippen LogP contribution in [0.4, 0.5) is 4.39 Å². The molecule has 1 N–H and O–H groups in total. The van der Waals surface area contributed by atoms with E-state index in [1.54, 1.807) is 13.0 Å². The maximum atomic E-state index is 13.9. The molecule has 0 fully saturated rings. The Labute approximate surface area is 129 Å². The fourth-order valence-corrected chi connectivity index (χ4v) is 3.94. The standard InChI is InChI=1S/C16H16FNO3S/c1-11-6-7-13(17)16(10-11)22(19,20)18-14-8-9-21-15-5-3-2-4-12(14)15/h2-7,10,14,18H,8-9H2,1H3. The zero-order chi connectivity index (χ0) is 15.7. The lowest BCUT2D eigenvalue weighted by Gasteiger charge is -2.26. The third-order valence-electron chi connectivity index (χ3n) is 3.63. The summed E-state index contributed by atoms with van der Waals surface area (Å²) < 4.78 is 46.9. The fraction of sp³-hybridized carbons (Fsp3) is 0.250. The summed E-state index contributed by atoms with van der Waals surface area (Å²) in [4.78, 5) is -0.323. The van der Waals surface area contributed by atoms with E-state index < -0.39 is 21.9 Å². The Balaban J connectivity index is 1.95. The number of ether oxygens (including phenoxy) is 1. The van der Waals surface area contributed by atoms with Gasteiger partial charge in [-0.05, 0) is 30.7 Å². The van der Waals surface area contributed by atoms with E-state index in [0.29, 0.717) is 24.3 Å². The van der Waals surface area contributed by atoms with Gasteiger partial charge in [-0.25, -0.2) is 17.5 Å². The third kappa shape index (κ3) is 2.84. The van der Waals surface area contributed by atoms with Crippen molar-refractivity contribution in [3.8, 4) is 5.75 Å². The van der Waals surface area contributed by atoms with E-state index in [9.17, 15) is 12.8 Å². The molecule has 0 radical (unpaired) electrons. The highest BCUT2D eigenvalue weighted by molar-refractivity contribution is 7.89. The van der Waals surface area contributed by atoms with E-state index in [1.807, 2.05) is 18.2 Å². The van der Waals surface area contributed by atoms with Gasteiger partial charge in [0, 0.05) is 12.0 Å². The lowest BCUT2D eigenvalue weighted by atomic mass is 10.0. The minimum Gasteiger partial charge on any atom is -0.493 e. The molecule has 2 aromatic carbocycles. The number of halogens is 1. The van der Waals surface area contributed by atoms with Gasteiger partial charge in [0.05, 0.1) is 12.6 Å². The van der Waals surface area contributed by atoms with Crippen molar-refractivity contribution in [3.05, 3.63) is 59.4 Å². The number of aryl methyl sites for hydroxylation is 1. The van der Waals surface area contributed by atoms with Gasteiger partial charge in [0.25, 0.3) is 0 Å². The summed E-state index contributed by atoms with van der Waals surface area (Å²) in [7, 11) is -3.94. The Morgan fingerprint density at radius 3 is 2.82 bits per heavy atom. The second-order valence-corrected chi connectivity index (χ2v) is 6.97. The summed E-state index contributed by atoms with van der Waals surface area (Å²) in [5.41, 5.74) is 1.46. The maximum absolute atomic E-state index is 13.9. The average molecular weight is 321 g/mol. The summed E-state index contributed by atoms with van der Waals surface area (Å²) in [6.45, 7) is 2.14. The van der Waals surface area contributed by atoms with E-state index in [-0.39, 0.29) is 4.90 Å². The second kappa shape index (κ2) is 5.70. The molecule has 0 bridgehead atoms. The topological polar surface area (TPSA) is 55.4 Å². The van der Waals surface area contributed by atoms with Crippen LogP contribution in [0.25, 0.3) is 0 Å². The number of hydrogen-bond acceptors (Lipinski definition) is 3. The van der Waals surface area contributed by atoms with Crippen LogP contribution >= 0.6 is 0 Å². The molecule has 4 nitrogen and oxygen atoms in total. The smallest absolute Gasteiger partial charge is 0.244 e. The summed E-state index contributed by atoms with van der Waals surface area (Å²) in [6, 6.07) is 10.9. The molecule has 2 aromatic rings. The van der Waals surface area contributed by atoms with Gasteiger partial charge in [0.2, 0.25) is 10.0 Å². The third-order valence-corrected chi connectivity index (χ3v) is 5.12. The monoisotopic (exact) mass is 321 g/mol. The van der Waals surface area contributed by atoms with Gasteiger partial charge in [-0.2, -0.15) is 0 Å². The van der Waals surface area contributed by atoms with Gasteiger partial charge in [-0.1, -0.05) is 24.3 Å². The van der Waals surface area contributed by atoms with Crippen LogP contribution < -0.4 is 9.46 Å². The summed E-state index contributed by atoms with van der Waals surface area (Å²) in [5.74, 6) is -0.0930. The minimum atomic E-state index is -3.94. The number of nitrogens with one attached hydrogen (secondary N) is 1. The first kappa shape index (κ1) is 15.0. The van der Waals surface area contributed by atoms with Gasteiger partial charge in [-0.15, -0.1) is 0 Å². The van der Waals surface area contributed by atoms with Crippen molar-refractivity contribution in [1.82, 2.24) is 4.72 Å². The molecular weight excluding hydrogens is 305 g/mol. The van der Waals surface area contributed by atoms with Crippen LogP contribution in [0.5, 0.6) is 5.75 Å². The van der Waals surface area contributed by atoms with Crippen LogP contribution in [0, 0.1) is 12.7 Å². The van der Waals surface area contributed by atoms with Crippen molar-refractivity contribution in [3.63, 3.8) is 0 Å². The Morgan fingerprint density at radius 2 is 2.00 bits per heavy atom. The largest absolute Gasteiger partial charge is 0.493 e. The lowest BCUT2D eigenvalue weighted by Crippen LogP contribution is -2.32. The molecule has 0 saturated carbocycles. The minimum absolute atomic E-state index is 0.323. The van der Waals surface area contributed by atoms with Gasteiger partial charge in [-0.3, -0.25) is 0 Å². The van der Waals surface area contributed by atoms with E-state index in [4.69, 9.17) is 4.74 Å². The summed E-state index contributed by atoms with van der Waals surface area (Å²) in [5, 5.41) is 0. The van der Waals surface area contributed by atoms with Crippen molar-refractivity contribution < 1.29 is 17.5 Å². The predicted octanol–water partition coefficient (Wildman–Crippen LogP) is 2.94. The van der Waals surface area contributed by atoms with Crippen molar-refractivity contribution >= 4 is 10.0 Å². The number of fused-ring (bicyclic) bond motifs is 1. The van der Waals surface area contributed by atoms with Crippen molar-refractivity contribution in [2.24, 2.45) is 0 Å². The molecule has 22 heavy (non-hydrogen) atoms. The Kier molecular flexibility index (Phi) is 3.88. The van der Waals surface area contributed by atoms with Crippen molar-refractivity contribution in [2.75, 3.05) is 6.61 Å². The van der Waals surface area contributed by atoms with Crippen LogP contribution in [0.2, 0.25) is 0 Å². The van der Waals surface area contributed by atoms with E-state index in [1.165, 1.54) is 18.2 Å². The Morgan fingerprint density at radius 1 is 1.23 bits per heavy atom. The SMILES string of the molecule is Cc1ccc(F)c(S(=O)(=O)NC2CCOc3ccccc32)c1. The molecule has 1 atom stereocenters. The maximum Gasteiger partial charge on any atom is 0.244 e. The molecule has 1 unspecified atom stereocenters. The van der Waals surface area contributed by atoms with Crippen LogP contribution in [0.3, 0.4) is 0 Å². The summed E-state index contributed by atoms with van der Waals surface area (Å²) in [6.07, 6.45) is 0.504. The average Bonchev–Trinajstić information content (AvgIpc) is 2.50. The molecular formula is C16H16FNO3S. The molecule has 1 aliphatic rings. The molecule has 3 rings (SSSR count). The molecule has 0 aliphatic carbocycles. The molecule has 0 saturated heterocycles. The zero-order valence-electron chi connectivity index (χ0n) is 12.0. The first-order chi connectivity index (χ1) is 10.5.